The first-order valence-corrected chi connectivity index (χ1v) is 13.6. The average molecular weight is 539 g/mol. The second-order valence-electron chi connectivity index (χ2n) is 10.3. The third-order valence-corrected chi connectivity index (χ3v) is 7.75. The molecule has 1 fully saturated rings. The summed E-state index contributed by atoms with van der Waals surface area (Å²) in [6, 6.07) is 17.6. The van der Waals surface area contributed by atoms with Crippen molar-refractivity contribution in [1.29, 1.82) is 0 Å². The number of imidazole rings is 1. The number of carbonyl (C=O) groups excluding carboxylic acids is 1. The lowest BCUT2D eigenvalue weighted by atomic mass is 10.1. The van der Waals surface area contributed by atoms with Crippen LogP contribution in [-0.2, 0) is 17.9 Å². The van der Waals surface area contributed by atoms with Crippen LogP contribution in [-0.4, -0.2) is 46.7 Å². The number of hydrogen-bond donors (Lipinski definition) is 2. The van der Waals surface area contributed by atoms with Gasteiger partial charge in [0.2, 0.25) is 5.91 Å². The third-order valence-electron chi connectivity index (χ3n) is 7.75. The van der Waals surface area contributed by atoms with Crippen LogP contribution in [0.15, 0.2) is 59.0 Å². The Morgan fingerprint density at radius 3 is 2.80 bits per heavy atom. The van der Waals surface area contributed by atoms with Crippen molar-refractivity contribution in [1.82, 2.24) is 19.9 Å². The predicted molar refractivity (Wildman–Crippen MR) is 152 cm³/mol. The van der Waals surface area contributed by atoms with Crippen LogP contribution in [0.25, 0.3) is 33.5 Å². The summed E-state index contributed by atoms with van der Waals surface area (Å²) in [4.78, 5) is 24.8. The summed E-state index contributed by atoms with van der Waals surface area (Å²) in [6.45, 7) is 2.67. The first kappa shape index (κ1) is 24.3. The maximum absolute atomic E-state index is 13.3. The first-order valence-electron chi connectivity index (χ1n) is 13.6. The van der Waals surface area contributed by atoms with E-state index in [4.69, 9.17) is 24.6 Å². The molecule has 2 aromatic heterocycles. The fourth-order valence-electron chi connectivity index (χ4n) is 5.82. The Morgan fingerprint density at radius 1 is 1.07 bits per heavy atom. The van der Waals surface area contributed by atoms with Crippen LogP contribution in [0.3, 0.4) is 0 Å². The highest BCUT2D eigenvalue weighted by molar-refractivity contribution is 5.92. The number of oxazole rings is 1. The lowest BCUT2D eigenvalue weighted by Gasteiger charge is -2.26. The molecule has 1 amide bonds. The maximum Gasteiger partial charge on any atom is 0.292 e. The lowest BCUT2D eigenvalue weighted by Crippen LogP contribution is -2.43. The zero-order valence-corrected chi connectivity index (χ0v) is 22.2. The zero-order valence-electron chi connectivity index (χ0n) is 22.2. The minimum Gasteiger partial charge on any atom is -0.497 e. The number of carbonyl (C=O) groups is 1. The minimum atomic E-state index is -0.254. The van der Waals surface area contributed by atoms with Crippen molar-refractivity contribution in [2.24, 2.45) is 0 Å². The largest absolute Gasteiger partial charge is 0.497 e. The Morgan fingerprint density at radius 2 is 1.95 bits per heavy atom. The number of nitrogens with one attached hydrogen (secondary N) is 1. The molecule has 0 unspecified atom stereocenters. The second-order valence-corrected chi connectivity index (χ2v) is 10.3. The van der Waals surface area contributed by atoms with E-state index < -0.39 is 0 Å². The van der Waals surface area contributed by atoms with E-state index in [9.17, 15) is 4.79 Å². The van der Waals surface area contributed by atoms with Gasteiger partial charge in [-0.1, -0.05) is 12.1 Å². The number of amides is 1. The van der Waals surface area contributed by atoms with Gasteiger partial charge in [0.25, 0.3) is 6.01 Å². The number of benzene rings is 3. The molecule has 1 saturated heterocycles. The van der Waals surface area contributed by atoms with Crippen LogP contribution >= 0.6 is 0 Å². The molecule has 40 heavy (non-hydrogen) atoms. The number of hydrogen-bond acceptors (Lipinski definition) is 8. The van der Waals surface area contributed by atoms with E-state index in [0.29, 0.717) is 24.3 Å². The number of rotatable bonds is 6. The van der Waals surface area contributed by atoms with Crippen LogP contribution in [0.4, 0.5) is 11.7 Å². The molecule has 0 radical (unpaired) electrons. The maximum atomic E-state index is 13.3. The predicted octanol–water partition coefficient (Wildman–Crippen LogP) is 4.50. The van der Waals surface area contributed by atoms with E-state index in [1.165, 1.54) is 0 Å². The molecule has 5 aromatic rings. The molecule has 1 atom stereocenters. The van der Waals surface area contributed by atoms with Gasteiger partial charge in [0, 0.05) is 37.0 Å². The van der Waals surface area contributed by atoms with E-state index in [1.807, 2.05) is 42.5 Å². The summed E-state index contributed by atoms with van der Waals surface area (Å²) in [6.07, 6.45) is 2.60. The molecule has 3 aromatic carbocycles. The van der Waals surface area contributed by atoms with Crippen molar-refractivity contribution in [3.63, 3.8) is 0 Å². The van der Waals surface area contributed by atoms with Gasteiger partial charge in [0.1, 0.15) is 34.4 Å². The number of nitrogens with two attached hydrogens (primary N) is 1. The highest BCUT2D eigenvalue weighted by Crippen LogP contribution is 2.39. The number of anilines is 2. The molecule has 7 rings (SSSR count). The zero-order chi connectivity index (χ0) is 27.2. The molecule has 0 aliphatic carbocycles. The number of methoxy groups -OCH3 is 1. The summed E-state index contributed by atoms with van der Waals surface area (Å²) in [5.74, 6) is 2.45. The van der Waals surface area contributed by atoms with Crippen molar-refractivity contribution < 1.29 is 18.7 Å². The SMILES string of the molecule is COc1ccc(CNC(=O)[C@@H]2CCCN2c2cc3c4c(c2)nc(-c2ccc5oc(N)nc5c2)n4CCCO3)cc1. The van der Waals surface area contributed by atoms with E-state index in [-0.39, 0.29) is 18.0 Å². The molecular formula is C30H30N6O4. The van der Waals surface area contributed by atoms with Crippen LogP contribution in [0.2, 0.25) is 0 Å². The number of ether oxygens (including phenoxy) is 2. The van der Waals surface area contributed by atoms with Gasteiger partial charge in [0.15, 0.2) is 5.58 Å². The average Bonchev–Trinajstić information content (AvgIpc) is 3.66. The van der Waals surface area contributed by atoms with E-state index >= 15 is 0 Å². The quantitative estimate of drug-likeness (QED) is 0.324. The van der Waals surface area contributed by atoms with Gasteiger partial charge < -0.3 is 34.4 Å². The number of fused-ring (bicyclic) bond motifs is 1. The highest BCUT2D eigenvalue weighted by atomic mass is 16.5. The summed E-state index contributed by atoms with van der Waals surface area (Å²) in [5.41, 5.74) is 11.8. The van der Waals surface area contributed by atoms with Gasteiger partial charge >= 0.3 is 0 Å². The molecule has 2 aliphatic heterocycles. The standard InChI is InChI=1S/C30H30N6O4/c1-38-21-8-5-18(6-9-21)17-32-29(37)24-4-2-11-35(24)20-15-23-27-26(16-20)39-13-3-12-36(27)28(33-23)19-7-10-25-22(14-19)34-30(31)40-25/h5-10,14-16,24H,2-4,11-13,17H2,1H3,(H2,31,34)(H,32,37)/t24-/m0/s1. The van der Waals surface area contributed by atoms with Crippen molar-refractivity contribution >= 4 is 39.7 Å². The Bertz CT molecular complexity index is 1720. The highest BCUT2D eigenvalue weighted by Gasteiger charge is 2.32. The molecule has 10 heteroatoms. The molecule has 2 aliphatic rings. The molecule has 10 nitrogen and oxygen atoms in total. The van der Waals surface area contributed by atoms with E-state index in [0.717, 1.165) is 77.5 Å². The Kier molecular flexibility index (Phi) is 5.95. The number of nitrogens with zero attached hydrogens (tertiary/aromatic N) is 4. The lowest BCUT2D eigenvalue weighted by molar-refractivity contribution is -0.122. The molecule has 0 bridgehead atoms. The van der Waals surface area contributed by atoms with Gasteiger partial charge in [-0.15, -0.1) is 0 Å². The topological polar surface area (TPSA) is 121 Å². The van der Waals surface area contributed by atoms with Crippen molar-refractivity contribution in [2.75, 3.05) is 30.9 Å². The van der Waals surface area contributed by atoms with Crippen LogP contribution in [0, 0.1) is 0 Å². The fourth-order valence-corrected chi connectivity index (χ4v) is 5.82. The number of aryl methyl sites for hydroxylation is 1. The summed E-state index contributed by atoms with van der Waals surface area (Å²) < 4.78 is 19.1. The normalized spacial score (nSPS) is 16.7. The Hall–Kier alpha value is -4.73. The minimum absolute atomic E-state index is 0.0200. The van der Waals surface area contributed by atoms with Gasteiger partial charge in [-0.25, -0.2) is 4.98 Å². The summed E-state index contributed by atoms with van der Waals surface area (Å²) >= 11 is 0. The molecular weight excluding hydrogens is 508 g/mol. The first-order chi connectivity index (χ1) is 19.6. The summed E-state index contributed by atoms with van der Waals surface area (Å²) in [7, 11) is 1.64. The van der Waals surface area contributed by atoms with Gasteiger partial charge in [0.05, 0.1) is 19.2 Å². The van der Waals surface area contributed by atoms with Gasteiger partial charge in [-0.2, -0.15) is 4.98 Å². The fraction of sp³-hybridized carbons (Fsp3) is 0.300. The van der Waals surface area contributed by atoms with Crippen molar-refractivity contribution in [3.05, 3.63) is 60.2 Å². The molecule has 204 valence electrons. The van der Waals surface area contributed by atoms with Gasteiger partial charge in [-0.05, 0) is 61.2 Å². The Labute approximate surface area is 230 Å². The van der Waals surface area contributed by atoms with E-state index in [1.54, 1.807) is 7.11 Å². The second kappa shape index (κ2) is 9.78. The number of nitrogen functional groups attached to an aromatic ring is 1. The van der Waals surface area contributed by atoms with Crippen LogP contribution < -0.4 is 25.4 Å². The molecule has 0 spiro atoms. The summed E-state index contributed by atoms with van der Waals surface area (Å²) in [5, 5.41) is 3.12. The van der Waals surface area contributed by atoms with Crippen LogP contribution in [0.1, 0.15) is 24.8 Å². The number of aromatic nitrogens is 3. The van der Waals surface area contributed by atoms with Gasteiger partial charge in [-0.3, -0.25) is 4.79 Å². The third kappa shape index (κ3) is 4.25. The van der Waals surface area contributed by atoms with Crippen molar-refractivity contribution in [3.8, 4) is 22.9 Å². The van der Waals surface area contributed by atoms with Crippen molar-refractivity contribution in [2.45, 2.75) is 38.4 Å². The molecule has 4 heterocycles. The van der Waals surface area contributed by atoms with E-state index in [2.05, 4.69) is 31.9 Å². The van der Waals surface area contributed by atoms with Crippen LogP contribution in [0.5, 0.6) is 11.5 Å². The molecule has 0 saturated carbocycles. The smallest absolute Gasteiger partial charge is 0.292 e. The molecule has 3 N–H and O–H groups in total. The Balaban J connectivity index is 1.20. The monoisotopic (exact) mass is 538 g/mol.